The maximum atomic E-state index is 4.85. The molecule has 0 saturated heterocycles. The highest BCUT2D eigenvalue weighted by molar-refractivity contribution is 9.10. The highest BCUT2D eigenvalue weighted by Crippen LogP contribution is 2.34. The van der Waals surface area contributed by atoms with Crippen LogP contribution >= 0.6 is 27.3 Å². The third-order valence-corrected chi connectivity index (χ3v) is 5.43. The third-order valence-electron chi connectivity index (χ3n) is 3.60. The van der Waals surface area contributed by atoms with Crippen LogP contribution < -0.4 is 5.32 Å². The summed E-state index contributed by atoms with van der Waals surface area (Å²) in [5, 5.41) is 5.49. The second-order valence-corrected chi connectivity index (χ2v) is 6.78. The molecule has 20 heavy (non-hydrogen) atoms. The number of hydrogen-bond donors (Lipinski definition) is 1. The first kappa shape index (κ1) is 14.0. The van der Waals surface area contributed by atoms with Crippen LogP contribution in [0.1, 0.15) is 37.4 Å². The number of aromatic nitrogens is 2. The lowest BCUT2D eigenvalue weighted by Gasteiger charge is -2.13. The second-order valence-electron chi connectivity index (χ2n) is 5.01. The quantitative estimate of drug-likeness (QED) is 0.816. The third kappa shape index (κ3) is 2.74. The SMILES string of the molecule is CCNc1nc(-c2sccc2Br)nc2c1CCCCC2. The van der Waals surface area contributed by atoms with Gasteiger partial charge in [-0.2, -0.15) is 0 Å². The number of hydrogen-bond acceptors (Lipinski definition) is 4. The van der Waals surface area contributed by atoms with Crippen molar-refractivity contribution in [2.24, 2.45) is 0 Å². The van der Waals surface area contributed by atoms with Crippen molar-refractivity contribution in [1.29, 1.82) is 0 Å². The summed E-state index contributed by atoms with van der Waals surface area (Å²) < 4.78 is 1.08. The van der Waals surface area contributed by atoms with Gasteiger partial charge >= 0.3 is 0 Å². The zero-order valence-electron chi connectivity index (χ0n) is 11.6. The van der Waals surface area contributed by atoms with Gasteiger partial charge in [0.05, 0.1) is 4.88 Å². The number of thiophene rings is 1. The standard InChI is InChI=1S/C15H18BrN3S/c1-2-17-14-10-6-4-3-5-7-12(10)18-15(19-14)13-11(16)8-9-20-13/h8-9H,2-7H2,1H3,(H,17,18,19). The van der Waals surface area contributed by atoms with E-state index in [4.69, 9.17) is 9.97 Å². The van der Waals surface area contributed by atoms with Crippen LogP contribution in [0.25, 0.3) is 10.7 Å². The van der Waals surface area contributed by atoms with E-state index < -0.39 is 0 Å². The molecule has 5 heteroatoms. The van der Waals surface area contributed by atoms with Gasteiger partial charge < -0.3 is 5.32 Å². The van der Waals surface area contributed by atoms with E-state index in [0.29, 0.717) is 0 Å². The van der Waals surface area contributed by atoms with E-state index in [2.05, 4.69) is 39.6 Å². The molecule has 3 nitrogen and oxygen atoms in total. The molecule has 2 aromatic rings. The average molecular weight is 352 g/mol. The van der Waals surface area contributed by atoms with Crippen molar-refractivity contribution >= 4 is 33.1 Å². The Hall–Kier alpha value is -0.940. The van der Waals surface area contributed by atoms with Crippen molar-refractivity contribution in [2.75, 3.05) is 11.9 Å². The Morgan fingerprint density at radius 3 is 2.85 bits per heavy atom. The topological polar surface area (TPSA) is 37.8 Å². The number of rotatable bonds is 3. The Balaban J connectivity index is 2.11. The molecular weight excluding hydrogens is 334 g/mol. The van der Waals surface area contributed by atoms with Crippen LogP contribution in [-0.2, 0) is 12.8 Å². The predicted molar refractivity (Wildman–Crippen MR) is 88.5 cm³/mol. The summed E-state index contributed by atoms with van der Waals surface area (Å²) in [5.74, 6) is 1.89. The van der Waals surface area contributed by atoms with Crippen LogP contribution in [0, 0.1) is 0 Å². The molecule has 0 aliphatic heterocycles. The van der Waals surface area contributed by atoms with Crippen molar-refractivity contribution in [3.63, 3.8) is 0 Å². The molecule has 0 aromatic carbocycles. The average Bonchev–Trinajstić information content (AvgIpc) is 2.73. The van der Waals surface area contributed by atoms with Gasteiger partial charge in [-0.05, 0) is 60.0 Å². The molecular formula is C15H18BrN3S. The lowest BCUT2D eigenvalue weighted by atomic mass is 10.1. The lowest BCUT2D eigenvalue weighted by Crippen LogP contribution is -2.09. The van der Waals surface area contributed by atoms with Crippen molar-refractivity contribution in [1.82, 2.24) is 9.97 Å². The fraction of sp³-hybridized carbons (Fsp3) is 0.467. The summed E-state index contributed by atoms with van der Waals surface area (Å²) in [4.78, 5) is 10.7. The molecule has 0 atom stereocenters. The minimum Gasteiger partial charge on any atom is -0.370 e. The monoisotopic (exact) mass is 351 g/mol. The first-order chi connectivity index (χ1) is 9.79. The Morgan fingerprint density at radius 1 is 1.25 bits per heavy atom. The zero-order valence-corrected chi connectivity index (χ0v) is 14.0. The van der Waals surface area contributed by atoms with Gasteiger partial charge in [0.25, 0.3) is 0 Å². The minimum absolute atomic E-state index is 0.850. The first-order valence-corrected chi connectivity index (χ1v) is 8.84. The molecule has 0 spiro atoms. The van der Waals surface area contributed by atoms with Gasteiger partial charge in [0, 0.05) is 22.3 Å². The molecule has 3 rings (SSSR count). The molecule has 0 fully saturated rings. The summed E-state index contributed by atoms with van der Waals surface area (Å²) in [6, 6.07) is 2.06. The Kier molecular flexibility index (Phi) is 4.36. The summed E-state index contributed by atoms with van der Waals surface area (Å²) >= 11 is 5.27. The predicted octanol–water partition coefficient (Wildman–Crippen LogP) is 4.67. The molecule has 0 bridgehead atoms. The van der Waals surface area contributed by atoms with Crippen LogP contribution in [0.15, 0.2) is 15.9 Å². The summed E-state index contributed by atoms with van der Waals surface area (Å²) in [7, 11) is 0. The molecule has 0 amide bonds. The van der Waals surface area contributed by atoms with Gasteiger partial charge in [-0.3, -0.25) is 0 Å². The van der Waals surface area contributed by atoms with Crippen LogP contribution in [0.4, 0.5) is 5.82 Å². The largest absolute Gasteiger partial charge is 0.370 e. The van der Waals surface area contributed by atoms with E-state index in [1.165, 1.54) is 30.5 Å². The van der Waals surface area contributed by atoms with Crippen molar-refractivity contribution < 1.29 is 0 Å². The molecule has 0 unspecified atom stereocenters. The number of nitrogens with zero attached hydrogens (tertiary/aromatic N) is 2. The van der Waals surface area contributed by atoms with Crippen LogP contribution in [0.3, 0.4) is 0 Å². The van der Waals surface area contributed by atoms with E-state index in [-0.39, 0.29) is 0 Å². The summed E-state index contributed by atoms with van der Waals surface area (Å²) in [5.41, 5.74) is 2.57. The molecule has 1 aliphatic carbocycles. The molecule has 106 valence electrons. The molecule has 0 radical (unpaired) electrons. The van der Waals surface area contributed by atoms with E-state index in [1.54, 1.807) is 11.3 Å². The van der Waals surface area contributed by atoms with Gasteiger partial charge in [0.1, 0.15) is 5.82 Å². The summed E-state index contributed by atoms with van der Waals surface area (Å²) in [6.07, 6.45) is 5.95. The van der Waals surface area contributed by atoms with Crippen molar-refractivity contribution in [3.8, 4) is 10.7 Å². The van der Waals surface area contributed by atoms with E-state index in [9.17, 15) is 0 Å². The van der Waals surface area contributed by atoms with Crippen molar-refractivity contribution in [2.45, 2.75) is 39.0 Å². The normalized spacial score (nSPS) is 14.7. The fourth-order valence-electron chi connectivity index (χ4n) is 2.64. The zero-order chi connectivity index (χ0) is 13.9. The van der Waals surface area contributed by atoms with Gasteiger partial charge in [-0.25, -0.2) is 9.97 Å². The Morgan fingerprint density at radius 2 is 2.10 bits per heavy atom. The van der Waals surface area contributed by atoms with Crippen LogP contribution in [0.2, 0.25) is 0 Å². The second kappa shape index (κ2) is 6.22. The molecule has 1 N–H and O–H groups in total. The van der Waals surface area contributed by atoms with Gasteiger partial charge in [0.2, 0.25) is 0 Å². The summed E-state index contributed by atoms with van der Waals surface area (Å²) in [6.45, 7) is 3.01. The number of anilines is 1. The van der Waals surface area contributed by atoms with Crippen LogP contribution in [-0.4, -0.2) is 16.5 Å². The highest BCUT2D eigenvalue weighted by atomic mass is 79.9. The number of fused-ring (bicyclic) bond motifs is 1. The first-order valence-electron chi connectivity index (χ1n) is 7.16. The fourth-order valence-corrected chi connectivity index (χ4v) is 4.12. The van der Waals surface area contributed by atoms with E-state index >= 15 is 0 Å². The molecule has 0 saturated carbocycles. The number of nitrogens with one attached hydrogen (secondary N) is 1. The molecule has 1 aliphatic rings. The molecule has 2 aromatic heterocycles. The Labute approximate surface area is 132 Å². The van der Waals surface area contributed by atoms with Crippen LogP contribution in [0.5, 0.6) is 0 Å². The Bertz CT molecular complexity index is 609. The minimum atomic E-state index is 0.850. The highest BCUT2D eigenvalue weighted by Gasteiger charge is 2.18. The van der Waals surface area contributed by atoms with Gasteiger partial charge in [-0.1, -0.05) is 6.42 Å². The maximum absolute atomic E-state index is 4.85. The van der Waals surface area contributed by atoms with E-state index in [1.807, 2.05) is 0 Å². The lowest BCUT2D eigenvalue weighted by molar-refractivity contribution is 0.709. The maximum Gasteiger partial charge on any atom is 0.173 e. The van der Waals surface area contributed by atoms with Crippen molar-refractivity contribution in [3.05, 3.63) is 27.2 Å². The smallest absolute Gasteiger partial charge is 0.173 e. The number of aryl methyl sites for hydroxylation is 1. The number of halogens is 1. The van der Waals surface area contributed by atoms with E-state index in [0.717, 1.165) is 40.4 Å². The van der Waals surface area contributed by atoms with Gasteiger partial charge in [-0.15, -0.1) is 11.3 Å². The van der Waals surface area contributed by atoms with Gasteiger partial charge in [0.15, 0.2) is 5.82 Å². The molecule has 2 heterocycles.